The molecule has 0 aliphatic rings. The van der Waals surface area contributed by atoms with Crippen LogP contribution in [-0.4, -0.2) is 5.97 Å². The van der Waals surface area contributed by atoms with Gasteiger partial charge in [0.05, 0.1) is 0 Å². The van der Waals surface area contributed by atoms with E-state index in [0.29, 0.717) is 0 Å². The van der Waals surface area contributed by atoms with Gasteiger partial charge in [-0.1, -0.05) is 0 Å². The van der Waals surface area contributed by atoms with E-state index in [2.05, 4.69) is 0 Å². The zero-order valence-electron chi connectivity index (χ0n) is 3.17. The number of carbonyl (C=O) groups excluding carboxylic acids is 1. The van der Waals surface area contributed by atoms with E-state index in [1.165, 1.54) is 0 Å². The van der Waals surface area contributed by atoms with Crippen molar-refractivity contribution in [1.29, 1.82) is 0 Å². The summed E-state index contributed by atoms with van der Waals surface area (Å²) in [4.78, 5) is 8.89. The number of carboxylic acid groups (broad SMARTS) is 1. The fourth-order valence-corrected chi connectivity index (χ4v) is 0. The van der Waals surface area contributed by atoms with Crippen molar-refractivity contribution >= 4 is 5.97 Å². The van der Waals surface area contributed by atoms with Crippen LogP contribution in [0.15, 0.2) is 0 Å². The maximum atomic E-state index is 8.89. The summed E-state index contributed by atoms with van der Waals surface area (Å²) in [5.74, 6) is -1.08. The van der Waals surface area contributed by atoms with Gasteiger partial charge in [-0.3, -0.25) is 0 Å². The van der Waals surface area contributed by atoms with E-state index in [9.17, 15) is 0 Å². The molecule has 0 spiro atoms. The first-order chi connectivity index (χ1) is 1.73. The van der Waals surface area contributed by atoms with Gasteiger partial charge in [-0.2, -0.15) is 0 Å². The van der Waals surface area contributed by atoms with Gasteiger partial charge in [0, 0.05) is 5.97 Å². The first-order valence-corrected chi connectivity index (χ1v) is 0.908. The third kappa shape index (κ3) is 176000. The van der Waals surface area contributed by atoms with Gasteiger partial charge in [0.25, 0.3) is 0 Å². The third-order valence-electron chi connectivity index (χ3n) is 0. The monoisotopic (exact) mass is 126 g/mol. The first-order valence-electron chi connectivity index (χ1n) is 0.908. The zero-order valence-corrected chi connectivity index (χ0v) is 4.57. The van der Waals surface area contributed by atoms with Crippen LogP contribution < -0.4 is 5.11 Å². The van der Waals surface area contributed by atoms with E-state index in [4.69, 9.17) is 9.90 Å². The molecular formula is C2H3O3V+. The Labute approximate surface area is 47.5 Å². The average Bonchev–Trinajstić information content (AvgIpc) is 0.811. The molecule has 0 heterocycles. The van der Waals surface area contributed by atoms with E-state index in [-0.39, 0.29) is 24.0 Å². The maximum Gasteiger partial charge on any atom is 4.00 e. The summed E-state index contributed by atoms with van der Waals surface area (Å²) in [6.07, 6.45) is 0. The molecule has 0 amide bonds. The first kappa shape index (κ1) is 16.6. The Balaban J connectivity index is -0.0000000450. The van der Waals surface area contributed by atoms with Crippen LogP contribution >= 0.6 is 0 Å². The smallest absolute Gasteiger partial charge is 2.00 e. The number of hydrogen-bond acceptors (Lipinski definition) is 2. The molecule has 0 aliphatic heterocycles. The summed E-state index contributed by atoms with van der Waals surface area (Å²) in [7, 11) is 0. The average molecular weight is 126 g/mol. The second-order valence-electron chi connectivity index (χ2n) is 0.492. The van der Waals surface area contributed by atoms with Crippen LogP contribution in [0.25, 0.3) is 0 Å². The molecule has 0 aromatic heterocycles. The molecule has 0 bridgehead atoms. The Bertz CT molecular complexity index is 31.8. The van der Waals surface area contributed by atoms with E-state index in [0.717, 1.165) is 6.92 Å². The van der Waals surface area contributed by atoms with Crippen LogP contribution in [0.5, 0.6) is 0 Å². The fraction of sp³-hybridized carbons (Fsp3) is 0.500. The van der Waals surface area contributed by atoms with Crippen molar-refractivity contribution in [3.05, 3.63) is 0 Å². The van der Waals surface area contributed by atoms with Gasteiger partial charge in [0.15, 0.2) is 0 Å². The molecule has 0 atom stereocenters. The second-order valence-corrected chi connectivity index (χ2v) is 0.492. The minimum Gasteiger partial charge on any atom is -2.00 e. The number of carbonyl (C=O) groups is 1. The van der Waals surface area contributed by atoms with Crippen LogP contribution in [0.3, 0.4) is 0 Å². The molecule has 0 saturated carbocycles. The zero-order chi connectivity index (χ0) is 3.58. The third-order valence-corrected chi connectivity index (χ3v) is 0. The summed E-state index contributed by atoms with van der Waals surface area (Å²) >= 11 is 0. The Morgan fingerprint density at radius 2 is 1.67 bits per heavy atom. The molecule has 4 heteroatoms. The van der Waals surface area contributed by atoms with Gasteiger partial charge in [-0.15, -0.1) is 0 Å². The van der Waals surface area contributed by atoms with E-state index in [1.807, 2.05) is 0 Å². The molecule has 3 nitrogen and oxygen atoms in total. The topological polar surface area (TPSA) is 68.6 Å². The molecule has 6 heavy (non-hydrogen) atoms. The standard InChI is InChI=1S/C2H4O2.O.V/c1-2(3)4;;/h1H3,(H,3,4);;/q;-2;+4/p-1. The summed E-state index contributed by atoms with van der Waals surface area (Å²) in [5, 5.41) is 8.89. The molecule has 0 aromatic rings. The summed E-state index contributed by atoms with van der Waals surface area (Å²) < 4.78 is 0. The molecule has 0 unspecified atom stereocenters. The van der Waals surface area contributed by atoms with Crippen molar-refractivity contribution in [3.63, 3.8) is 0 Å². The Morgan fingerprint density at radius 3 is 1.67 bits per heavy atom. The molecule has 0 N–H and O–H groups in total. The predicted molar refractivity (Wildman–Crippen MR) is 11.4 cm³/mol. The van der Waals surface area contributed by atoms with Crippen LogP contribution in [-0.2, 0) is 28.8 Å². The molecule has 0 fully saturated rings. The molecular weight excluding hydrogens is 123 g/mol. The summed E-state index contributed by atoms with van der Waals surface area (Å²) in [6, 6.07) is 0. The predicted octanol–water partition coefficient (Wildman–Crippen LogP) is -1.37. The van der Waals surface area contributed by atoms with Crippen LogP contribution in [0.1, 0.15) is 6.92 Å². The number of rotatable bonds is 0. The normalized spacial score (nSPS) is 4.17. The summed E-state index contributed by atoms with van der Waals surface area (Å²) in [6.45, 7) is 0.972. The molecule has 0 aliphatic carbocycles. The van der Waals surface area contributed by atoms with E-state index in [1.54, 1.807) is 0 Å². The number of carboxylic acids is 1. The Morgan fingerprint density at radius 1 is 1.67 bits per heavy atom. The van der Waals surface area contributed by atoms with Crippen molar-refractivity contribution in [2.45, 2.75) is 6.92 Å². The van der Waals surface area contributed by atoms with Gasteiger partial charge in [-0.25, -0.2) is 0 Å². The number of aliphatic carboxylic acids is 1. The van der Waals surface area contributed by atoms with Crippen LogP contribution in [0.4, 0.5) is 0 Å². The molecule has 0 rings (SSSR count). The van der Waals surface area contributed by atoms with Crippen molar-refractivity contribution in [3.8, 4) is 0 Å². The second kappa shape index (κ2) is 8.89. The SMILES string of the molecule is CC(=O)[O-].[O-2].[V+4]. The van der Waals surface area contributed by atoms with E-state index >= 15 is 0 Å². The minimum atomic E-state index is -1.08. The fourth-order valence-electron chi connectivity index (χ4n) is 0. The van der Waals surface area contributed by atoms with E-state index < -0.39 is 5.97 Å². The van der Waals surface area contributed by atoms with Gasteiger partial charge >= 0.3 is 18.6 Å². The van der Waals surface area contributed by atoms with Crippen molar-refractivity contribution < 1.29 is 33.9 Å². The Hall–Kier alpha value is 0.0144. The van der Waals surface area contributed by atoms with Gasteiger partial charge in [0.1, 0.15) is 0 Å². The molecule has 0 saturated heterocycles. The molecule has 33 valence electrons. The van der Waals surface area contributed by atoms with Gasteiger partial charge in [0.2, 0.25) is 0 Å². The van der Waals surface area contributed by atoms with Crippen molar-refractivity contribution in [1.82, 2.24) is 0 Å². The number of hydrogen-bond donors (Lipinski definition) is 0. The summed E-state index contributed by atoms with van der Waals surface area (Å²) in [5.41, 5.74) is 0. The molecule has 1 radical (unpaired) electrons. The molecule has 0 aromatic carbocycles. The minimum absolute atomic E-state index is 0. The van der Waals surface area contributed by atoms with Crippen molar-refractivity contribution in [2.75, 3.05) is 0 Å². The maximum absolute atomic E-state index is 8.89. The largest absolute Gasteiger partial charge is 4.00 e. The van der Waals surface area contributed by atoms with Crippen LogP contribution in [0.2, 0.25) is 0 Å². The van der Waals surface area contributed by atoms with Crippen molar-refractivity contribution in [2.24, 2.45) is 0 Å². The quantitative estimate of drug-likeness (QED) is 0.402. The Kier molecular flexibility index (Phi) is 24.7. The van der Waals surface area contributed by atoms with Gasteiger partial charge in [-0.05, 0) is 6.92 Å². The van der Waals surface area contributed by atoms with Gasteiger partial charge < -0.3 is 15.4 Å². The van der Waals surface area contributed by atoms with Crippen LogP contribution in [0, 0.1) is 0 Å².